The number of benzene rings is 1. The third kappa shape index (κ3) is 3.93. The molecule has 1 aromatic carbocycles. The van der Waals surface area contributed by atoms with E-state index in [0.717, 1.165) is 48.0 Å². The Morgan fingerprint density at radius 1 is 1.00 bits per heavy atom. The van der Waals surface area contributed by atoms with E-state index >= 15 is 0 Å². The number of likely N-dealkylation sites (tertiary alicyclic amines) is 1. The maximum absolute atomic E-state index is 6.07. The highest BCUT2D eigenvalue weighted by molar-refractivity contribution is 5.68. The molecule has 0 bridgehead atoms. The van der Waals surface area contributed by atoms with E-state index in [0.29, 0.717) is 6.61 Å². The van der Waals surface area contributed by atoms with E-state index in [2.05, 4.69) is 21.4 Å². The molecule has 0 unspecified atom stereocenters. The number of rotatable bonds is 5. The van der Waals surface area contributed by atoms with Gasteiger partial charge in [0.15, 0.2) is 0 Å². The van der Waals surface area contributed by atoms with E-state index in [-0.39, 0.29) is 0 Å². The summed E-state index contributed by atoms with van der Waals surface area (Å²) in [5.74, 6) is 0.892. The van der Waals surface area contributed by atoms with E-state index in [1.807, 2.05) is 37.4 Å². The summed E-state index contributed by atoms with van der Waals surface area (Å²) in [6, 6.07) is 12.2. The van der Waals surface area contributed by atoms with Gasteiger partial charge in [-0.25, -0.2) is 4.98 Å². The molecular formula is C22H28N4O. The lowest BCUT2D eigenvalue weighted by atomic mass is 10.1. The van der Waals surface area contributed by atoms with Crippen molar-refractivity contribution in [2.75, 3.05) is 25.4 Å². The van der Waals surface area contributed by atoms with Crippen molar-refractivity contribution >= 4 is 11.3 Å². The summed E-state index contributed by atoms with van der Waals surface area (Å²) in [5, 5.41) is 0. The van der Waals surface area contributed by atoms with E-state index in [1.54, 1.807) is 0 Å². The first-order chi connectivity index (χ1) is 13.2. The zero-order chi connectivity index (χ0) is 18.6. The normalized spacial score (nSPS) is 15.7. The molecule has 5 heteroatoms. The first kappa shape index (κ1) is 17.9. The van der Waals surface area contributed by atoms with Crippen molar-refractivity contribution in [3.8, 4) is 17.0 Å². The maximum Gasteiger partial charge on any atom is 0.137 e. The number of anilines is 1. The molecule has 0 atom stereocenters. The highest BCUT2D eigenvalue weighted by Crippen LogP contribution is 2.28. The monoisotopic (exact) mass is 364 g/mol. The van der Waals surface area contributed by atoms with Crippen molar-refractivity contribution in [3.05, 3.63) is 48.3 Å². The molecule has 0 aliphatic carbocycles. The standard InChI is InChI=1S/C22H28N4O/c1-2-27-19-10-7-17(8-11-19)22-20(16-25-13-5-3-4-6-14-25)26-15-18(23)9-12-21(26)24-22/h7-12,15H,2-6,13-14,16,23H2,1H3. The molecular weight excluding hydrogens is 336 g/mol. The van der Waals surface area contributed by atoms with Crippen LogP contribution in [0.15, 0.2) is 42.6 Å². The highest BCUT2D eigenvalue weighted by Gasteiger charge is 2.18. The van der Waals surface area contributed by atoms with Crippen molar-refractivity contribution < 1.29 is 4.74 Å². The molecule has 2 aromatic heterocycles. The van der Waals surface area contributed by atoms with Gasteiger partial charge < -0.3 is 14.9 Å². The van der Waals surface area contributed by atoms with Gasteiger partial charge in [-0.1, -0.05) is 12.8 Å². The number of hydrogen-bond donors (Lipinski definition) is 1. The lowest BCUT2D eigenvalue weighted by Crippen LogP contribution is -2.25. The summed E-state index contributed by atoms with van der Waals surface area (Å²) in [7, 11) is 0. The van der Waals surface area contributed by atoms with Gasteiger partial charge in [0.1, 0.15) is 11.4 Å². The number of nitrogen functional groups attached to an aromatic ring is 1. The van der Waals surface area contributed by atoms with Gasteiger partial charge in [-0.15, -0.1) is 0 Å². The van der Waals surface area contributed by atoms with E-state index in [9.17, 15) is 0 Å². The smallest absolute Gasteiger partial charge is 0.137 e. The van der Waals surface area contributed by atoms with E-state index in [4.69, 9.17) is 15.5 Å². The number of fused-ring (bicyclic) bond motifs is 1. The summed E-state index contributed by atoms with van der Waals surface area (Å²) in [5.41, 5.74) is 11.1. The summed E-state index contributed by atoms with van der Waals surface area (Å²) < 4.78 is 7.75. The van der Waals surface area contributed by atoms with Crippen LogP contribution in [0.5, 0.6) is 5.75 Å². The molecule has 3 aromatic rings. The Labute approximate surface area is 160 Å². The van der Waals surface area contributed by atoms with Crippen LogP contribution in [0, 0.1) is 0 Å². The molecule has 4 rings (SSSR count). The number of imidazole rings is 1. The summed E-state index contributed by atoms with van der Waals surface area (Å²) in [4.78, 5) is 7.48. The number of ether oxygens (including phenoxy) is 1. The molecule has 1 saturated heterocycles. The molecule has 1 aliphatic rings. The number of nitrogens with zero attached hydrogens (tertiary/aromatic N) is 3. The van der Waals surface area contributed by atoms with E-state index < -0.39 is 0 Å². The Hall–Kier alpha value is -2.53. The number of hydrogen-bond acceptors (Lipinski definition) is 4. The second kappa shape index (κ2) is 8.01. The molecule has 142 valence electrons. The molecule has 0 saturated carbocycles. The summed E-state index contributed by atoms with van der Waals surface area (Å²) >= 11 is 0. The molecule has 27 heavy (non-hydrogen) atoms. The molecule has 0 radical (unpaired) electrons. The fourth-order valence-electron chi connectivity index (χ4n) is 3.87. The van der Waals surface area contributed by atoms with Crippen LogP contribution in [0.2, 0.25) is 0 Å². The Morgan fingerprint density at radius 2 is 1.74 bits per heavy atom. The molecule has 5 nitrogen and oxygen atoms in total. The second-order valence-electron chi connectivity index (χ2n) is 7.25. The number of pyridine rings is 1. The first-order valence-corrected chi connectivity index (χ1v) is 9.96. The summed E-state index contributed by atoms with van der Waals surface area (Å²) in [6.07, 6.45) is 7.22. The zero-order valence-electron chi connectivity index (χ0n) is 16.0. The van der Waals surface area contributed by atoms with Gasteiger partial charge >= 0.3 is 0 Å². The van der Waals surface area contributed by atoms with Gasteiger partial charge in [-0.2, -0.15) is 0 Å². The SMILES string of the molecule is CCOc1ccc(-c2nc3ccc(N)cn3c2CN2CCCCCC2)cc1. The van der Waals surface area contributed by atoms with Gasteiger partial charge in [0.05, 0.1) is 18.0 Å². The largest absolute Gasteiger partial charge is 0.494 e. The van der Waals surface area contributed by atoms with Gasteiger partial charge in [0.25, 0.3) is 0 Å². The Bertz CT molecular complexity index is 893. The molecule has 0 spiro atoms. The van der Waals surface area contributed by atoms with Crippen molar-refractivity contribution in [2.24, 2.45) is 0 Å². The number of aromatic nitrogens is 2. The third-order valence-corrected chi connectivity index (χ3v) is 5.25. The van der Waals surface area contributed by atoms with Crippen LogP contribution < -0.4 is 10.5 Å². The lowest BCUT2D eigenvalue weighted by molar-refractivity contribution is 0.273. The molecule has 2 N–H and O–H groups in total. The van der Waals surface area contributed by atoms with Gasteiger partial charge in [0.2, 0.25) is 0 Å². The van der Waals surface area contributed by atoms with Gasteiger partial charge in [-0.3, -0.25) is 4.90 Å². The molecule has 1 fully saturated rings. The molecule has 3 heterocycles. The lowest BCUT2D eigenvalue weighted by Gasteiger charge is -2.20. The highest BCUT2D eigenvalue weighted by atomic mass is 16.5. The van der Waals surface area contributed by atoms with Crippen molar-refractivity contribution in [1.29, 1.82) is 0 Å². The average molecular weight is 364 g/mol. The van der Waals surface area contributed by atoms with Crippen LogP contribution in [0.25, 0.3) is 16.9 Å². The Kier molecular flexibility index (Phi) is 5.30. The topological polar surface area (TPSA) is 55.8 Å². The minimum Gasteiger partial charge on any atom is -0.494 e. The predicted molar refractivity (Wildman–Crippen MR) is 110 cm³/mol. The van der Waals surface area contributed by atoms with Crippen molar-refractivity contribution in [1.82, 2.24) is 14.3 Å². The first-order valence-electron chi connectivity index (χ1n) is 9.96. The Balaban J connectivity index is 1.74. The van der Waals surface area contributed by atoms with E-state index in [1.165, 1.54) is 31.4 Å². The van der Waals surface area contributed by atoms with Gasteiger partial charge in [-0.05, 0) is 69.3 Å². The van der Waals surface area contributed by atoms with Crippen LogP contribution in [0.1, 0.15) is 38.3 Å². The minimum atomic E-state index is 0.674. The fraction of sp³-hybridized carbons (Fsp3) is 0.409. The molecule has 1 aliphatic heterocycles. The van der Waals surface area contributed by atoms with Crippen LogP contribution in [0.4, 0.5) is 5.69 Å². The summed E-state index contributed by atoms with van der Waals surface area (Å²) in [6.45, 7) is 5.87. The van der Waals surface area contributed by atoms with Gasteiger partial charge in [0, 0.05) is 24.0 Å². The Morgan fingerprint density at radius 3 is 2.44 bits per heavy atom. The van der Waals surface area contributed by atoms with Crippen LogP contribution >= 0.6 is 0 Å². The third-order valence-electron chi connectivity index (χ3n) is 5.25. The second-order valence-corrected chi connectivity index (χ2v) is 7.25. The minimum absolute atomic E-state index is 0.674. The maximum atomic E-state index is 6.07. The molecule has 0 amide bonds. The predicted octanol–water partition coefficient (Wildman–Crippen LogP) is 4.36. The van der Waals surface area contributed by atoms with Crippen molar-refractivity contribution in [3.63, 3.8) is 0 Å². The average Bonchev–Trinajstić information content (AvgIpc) is 2.84. The number of nitrogens with two attached hydrogens (primary N) is 1. The quantitative estimate of drug-likeness (QED) is 0.731. The van der Waals surface area contributed by atoms with Crippen molar-refractivity contribution in [2.45, 2.75) is 39.2 Å². The van der Waals surface area contributed by atoms with Crippen LogP contribution in [-0.4, -0.2) is 34.0 Å². The van der Waals surface area contributed by atoms with Crippen LogP contribution in [0.3, 0.4) is 0 Å². The van der Waals surface area contributed by atoms with Crippen LogP contribution in [-0.2, 0) is 6.54 Å². The fourth-order valence-corrected chi connectivity index (χ4v) is 3.87. The zero-order valence-corrected chi connectivity index (χ0v) is 16.0.